The van der Waals surface area contributed by atoms with Crippen LogP contribution in [0.4, 0.5) is 5.82 Å². The van der Waals surface area contributed by atoms with Crippen molar-refractivity contribution in [3.63, 3.8) is 0 Å². The van der Waals surface area contributed by atoms with E-state index in [2.05, 4.69) is 5.10 Å². The topological polar surface area (TPSA) is 87.3 Å². The zero-order valence-corrected chi connectivity index (χ0v) is 10.2. The van der Waals surface area contributed by atoms with E-state index in [1.54, 1.807) is 6.92 Å². The molecule has 1 fully saturated rings. The van der Waals surface area contributed by atoms with Gasteiger partial charge < -0.3 is 14.9 Å². The van der Waals surface area contributed by atoms with Crippen LogP contribution in [0.3, 0.4) is 0 Å². The molecular formula is C11H15N3O4. The molecule has 1 aromatic rings. The fourth-order valence-electron chi connectivity index (χ4n) is 2.23. The van der Waals surface area contributed by atoms with Crippen LogP contribution in [-0.2, 0) is 4.74 Å². The number of hydrogen-bond acceptors (Lipinski definition) is 5. The van der Waals surface area contributed by atoms with E-state index in [9.17, 15) is 14.9 Å². The molecule has 0 aliphatic heterocycles. The Balaban J connectivity index is 2.31. The molecule has 7 nitrogen and oxygen atoms in total. The number of carbonyl (C=O) groups is 1. The molecule has 18 heavy (non-hydrogen) atoms. The highest BCUT2D eigenvalue weighted by Crippen LogP contribution is 2.30. The monoisotopic (exact) mass is 253 g/mol. The minimum atomic E-state index is -0.687. The molecule has 1 saturated carbocycles. The molecule has 0 spiro atoms. The summed E-state index contributed by atoms with van der Waals surface area (Å²) < 4.78 is 6.34. The fourth-order valence-corrected chi connectivity index (χ4v) is 2.23. The average molecular weight is 253 g/mol. The van der Waals surface area contributed by atoms with Crippen molar-refractivity contribution < 1.29 is 14.5 Å². The summed E-state index contributed by atoms with van der Waals surface area (Å²) in [5, 5.41) is 14.8. The molecule has 0 unspecified atom stereocenters. The van der Waals surface area contributed by atoms with E-state index in [1.807, 2.05) is 0 Å². The lowest BCUT2D eigenvalue weighted by atomic mass is 10.2. The van der Waals surface area contributed by atoms with Crippen molar-refractivity contribution in [3.05, 3.63) is 21.9 Å². The van der Waals surface area contributed by atoms with Gasteiger partial charge in [0.2, 0.25) is 0 Å². The molecule has 0 N–H and O–H groups in total. The first-order valence-electron chi connectivity index (χ1n) is 6.04. The normalized spacial score (nSPS) is 15.8. The second kappa shape index (κ2) is 5.16. The van der Waals surface area contributed by atoms with Crippen LogP contribution in [0.25, 0.3) is 0 Å². The number of rotatable bonds is 4. The van der Waals surface area contributed by atoms with Gasteiger partial charge in [-0.05, 0) is 24.7 Å². The highest BCUT2D eigenvalue weighted by molar-refractivity contribution is 5.92. The average Bonchev–Trinajstić information content (AvgIpc) is 2.98. The van der Waals surface area contributed by atoms with E-state index in [0.29, 0.717) is 0 Å². The predicted molar refractivity (Wildman–Crippen MR) is 62.3 cm³/mol. The van der Waals surface area contributed by atoms with Crippen LogP contribution >= 0.6 is 0 Å². The van der Waals surface area contributed by atoms with Crippen molar-refractivity contribution in [2.45, 2.75) is 38.6 Å². The lowest BCUT2D eigenvalue weighted by Gasteiger charge is -2.03. The van der Waals surface area contributed by atoms with E-state index >= 15 is 0 Å². The molecule has 0 saturated heterocycles. The Morgan fingerprint density at radius 3 is 2.83 bits per heavy atom. The summed E-state index contributed by atoms with van der Waals surface area (Å²) in [6, 6.07) is 0.159. The second-order valence-electron chi connectivity index (χ2n) is 4.26. The minimum Gasteiger partial charge on any atom is -0.462 e. The number of nitro groups is 1. The first-order valence-corrected chi connectivity index (χ1v) is 6.04. The highest BCUT2D eigenvalue weighted by atomic mass is 16.6. The van der Waals surface area contributed by atoms with Gasteiger partial charge in [0.1, 0.15) is 0 Å². The number of esters is 1. The van der Waals surface area contributed by atoms with Gasteiger partial charge >= 0.3 is 11.8 Å². The summed E-state index contributed by atoms with van der Waals surface area (Å²) in [7, 11) is 0. The third kappa shape index (κ3) is 2.34. The minimum absolute atomic E-state index is 0.0613. The van der Waals surface area contributed by atoms with Crippen LogP contribution in [0.5, 0.6) is 0 Å². The van der Waals surface area contributed by atoms with Crippen LogP contribution in [0.2, 0.25) is 0 Å². The van der Waals surface area contributed by atoms with Gasteiger partial charge in [-0.25, -0.2) is 4.79 Å². The van der Waals surface area contributed by atoms with Gasteiger partial charge in [-0.2, -0.15) is 4.68 Å². The van der Waals surface area contributed by atoms with Crippen molar-refractivity contribution in [1.82, 2.24) is 9.78 Å². The first-order chi connectivity index (χ1) is 8.63. The zero-order valence-electron chi connectivity index (χ0n) is 10.2. The highest BCUT2D eigenvalue weighted by Gasteiger charge is 2.31. The second-order valence-corrected chi connectivity index (χ2v) is 4.26. The molecule has 1 aromatic heterocycles. The van der Waals surface area contributed by atoms with Crippen molar-refractivity contribution in [2.24, 2.45) is 0 Å². The van der Waals surface area contributed by atoms with Gasteiger partial charge in [0.25, 0.3) is 0 Å². The Bertz CT molecular complexity index is 463. The molecule has 0 radical (unpaired) electrons. The van der Waals surface area contributed by atoms with Crippen molar-refractivity contribution in [2.75, 3.05) is 6.61 Å². The standard InChI is InChI=1S/C11H15N3O4/c1-2-18-11(15)9-7-13(8-5-3-4-6-8)12-10(9)14(16)17/h7-8H,2-6H2,1H3. The van der Waals surface area contributed by atoms with Gasteiger partial charge in [0, 0.05) is 0 Å². The Morgan fingerprint density at radius 1 is 1.61 bits per heavy atom. The predicted octanol–water partition coefficient (Wildman–Crippen LogP) is 2.08. The van der Waals surface area contributed by atoms with Crippen LogP contribution < -0.4 is 0 Å². The largest absolute Gasteiger partial charge is 0.462 e. The summed E-state index contributed by atoms with van der Waals surface area (Å²) in [4.78, 5) is 21.9. The lowest BCUT2D eigenvalue weighted by molar-refractivity contribution is -0.390. The lowest BCUT2D eigenvalue weighted by Crippen LogP contribution is -2.06. The van der Waals surface area contributed by atoms with Gasteiger partial charge in [-0.15, -0.1) is 0 Å². The third-order valence-corrected chi connectivity index (χ3v) is 3.08. The van der Waals surface area contributed by atoms with E-state index in [0.717, 1.165) is 25.7 Å². The number of hydrogen-bond donors (Lipinski definition) is 0. The van der Waals surface area contributed by atoms with Gasteiger partial charge in [0.15, 0.2) is 5.56 Å². The van der Waals surface area contributed by atoms with E-state index in [4.69, 9.17) is 4.74 Å². The molecule has 2 rings (SSSR count). The van der Waals surface area contributed by atoms with Crippen molar-refractivity contribution in [3.8, 4) is 0 Å². The summed E-state index contributed by atoms with van der Waals surface area (Å²) in [5.41, 5.74) is -0.0613. The van der Waals surface area contributed by atoms with Crippen LogP contribution in [-0.4, -0.2) is 27.3 Å². The van der Waals surface area contributed by atoms with Crippen LogP contribution in [0.15, 0.2) is 6.20 Å². The molecule has 0 bridgehead atoms. The Hall–Kier alpha value is -1.92. The Morgan fingerprint density at radius 2 is 2.28 bits per heavy atom. The van der Waals surface area contributed by atoms with Crippen LogP contribution in [0.1, 0.15) is 49.0 Å². The smallest absolute Gasteiger partial charge is 0.404 e. The number of carbonyl (C=O) groups excluding carboxylic acids is 1. The Kier molecular flexibility index (Phi) is 3.59. The third-order valence-electron chi connectivity index (χ3n) is 3.08. The van der Waals surface area contributed by atoms with E-state index < -0.39 is 16.7 Å². The first kappa shape index (κ1) is 12.5. The maximum Gasteiger partial charge on any atom is 0.404 e. The molecule has 1 aliphatic carbocycles. The maximum atomic E-state index is 11.6. The quantitative estimate of drug-likeness (QED) is 0.465. The Labute approximate surface area is 104 Å². The molecule has 1 heterocycles. The zero-order chi connectivity index (χ0) is 13.1. The summed E-state index contributed by atoms with van der Waals surface area (Å²) in [6.45, 7) is 1.84. The summed E-state index contributed by atoms with van der Waals surface area (Å²) in [6.07, 6.45) is 5.51. The summed E-state index contributed by atoms with van der Waals surface area (Å²) >= 11 is 0. The number of aromatic nitrogens is 2. The molecule has 98 valence electrons. The van der Waals surface area contributed by atoms with E-state index in [-0.39, 0.29) is 18.2 Å². The van der Waals surface area contributed by atoms with Gasteiger partial charge in [-0.1, -0.05) is 12.8 Å². The van der Waals surface area contributed by atoms with Crippen molar-refractivity contribution in [1.29, 1.82) is 0 Å². The molecule has 0 amide bonds. The van der Waals surface area contributed by atoms with E-state index in [1.165, 1.54) is 10.9 Å². The molecular weight excluding hydrogens is 238 g/mol. The molecule has 1 aliphatic rings. The summed E-state index contributed by atoms with van der Waals surface area (Å²) in [5.74, 6) is -1.10. The maximum absolute atomic E-state index is 11.6. The van der Waals surface area contributed by atoms with Crippen LogP contribution in [0, 0.1) is 10.1 Å². The SMILES string of the molecule is CCOC(=O)c1cn(C2CCCC2)nc1[N+](=O)[O-]. The molecule has 0 aromatic carbocycles. The van der Waals surface area contributed by atoms with Gasteiger partial charge in [0.05, 0.1) is 23.9 Å². The fraction of sp³-hybridized carbons (Fsp3) is 0.636. The molecule has 7 heteroatoms. The van der Waals surface area contributed by atoms with Crippen molar-refractivity contribution >= 4 is 11.8 Å². The number of nitrogens with zero attached hydrogens (tertiary/aromatic N) is 3. The molecule has 0 atom stereocenters. The number of ether oxygens (including phenoxy) is 1. The van der Waals surface area contributed by atoms with Gasteiger partial charge in [-0.3, -0.25) is 0 Å².